The molecule has 0 aromatic heterocycles. The summed E-state index contributed by atoms with van der Waals surface area (Å²) >= 11 is -3.96. The number of hydrogen-bond donors (Lipinski definition) is 1. The van der Waals surface area contributed by atoms with Gasteiger partial charge in [0.05, 0.1) is 0 Å². The third-order valence-electron chi connectivity index (χ3n) is 0. The first-order valence-electron chi connectivity index (χ1n) is 0.701. The van der Waals surface area contributed by atoms with Crippen molar-refractivity contribution in [3.05, 3.63) is 6.57 Å². The maximum absolute atomic E-state index is 8.71. The molecule has 0 aromatic rings. The van der Waals surface area contributed by atoms with Crippen molar-refractivity contribution < 1.29 is 27.8 Å². The van der Waals surface area contributed by atoms with Crippen LogP contribution in [-0.4, -0.2) is 3.83 Å². The molecule has 0 bridgehead atoms. The van der Waals surface area contributed by atoms with E-state index < -0.39 is 17.0 Å². The standard InChI is InChI=1S/CN.H2O.2O.Re/c1-2;;;;/h;1H2;;;/q-1;;;;+1/p-1. The quantitative estimate of drug-likeness (QED) is 0.585. The zero-order valence-electron chi connectivity index (χ0n) is 2.59. The summed E-state index contributed by atoms with van der Waals surface area (Å²) in [6, 6.07) is 0. The molecule has 0 aliphatic rings. The first-order chi connectivity index (χ1) is 2.73. The Bertz CT molecular complexity index is 84.2. The van der Waals surface area contributed by atoms with E-state index in [1.54, 1.807) is 0 Å². The van der Waals surface area contributed by atoms with Crippen molar-refractivity contribution in [2.75, 3.05) is 0 Å². The predicted molar refractivity (Wildman–Crippen MR) is 8.56 cm³/mol. The van der Waals surface area contributed by atoms with Crippen molar-refractivity contribution in [1.29, 1.82) is 5.26 Å². The van der Waals surface area contributed by atoms with Crippen LogP contribution in [0, 0.1) is 11.8 Å². The second-order valence-electron chi connectivity index (χ2n) is 0.201. The van der Waals surface area contributed by atoms with Gasteiger partial charge in [-0.15, -0.1) is 0 Å². The topological polar surface area (TPSA) is 78.2 Å². The van der Waals surface area contributed by atoms with Gasteiger partial charge in [0.1, 0.15) is 0 Å². The summed E-state index contributed by atoms with van der Waals surface area (Å²) in [5.41, 5.74) is 0. The van der Waals surface area contributed by atoms with E-state index in [1.807, 2.05) is 0 Å². The van der Waals surface area contributed by atoms with Crippen LogP contribution >= 0.6 is 0 Å². The first-order valence-corrected chi connectivity index (χ1v) is 4.13. The summed E-state index contributed by atoms with van der Waals surface area (Å²) in [5, 5.41) is 6.25. The van der Waals surface area contributed by atoms with Gasteiger partial charge in [-0.05, 0) is 0 Å². The van der Waals surface area contributed by atoms with Gasteiger partial charge in [0.2, 0.25) is 0 Å². The number of hydrogen-bond acceptors (Lipinski definition) is 3. The summed E-state index contributed by atoms with van der Waals surface area (Å²) in [5.74, 6) is 0. The molecule has 0 amide bonds. The van der Waals surface area contributed by atoms with Gasteiger partial charge in [-0.2, -0.15) is 0 Å². The Morgan fingerprint density at radius 1 is 1.50 bits per heavy atom. The average Bonchev–Trinajstić information content (AvgIpc) is 1.41. The van der Waals surface area contributed by atoms with Crippen LogP contribution in [0.3, 0.4) is 0 Å². The Hall–Kier alpha value is -0.288. The first kappa shape index (κ1) is 9.20. The molecule has 1 N–H and O–H groups in total. The third-order valence-corrected chi connectivity index (χ3v) is 0. The fourth-order valence-corrected chi connectivity index (χ4v) is 0. The van der Waals surface area contributed by atoms with E-state index in [4.69, 9.17) is 22.6 Å². The van der Waals surface area contributed by atoms with Gasteiger partial charge in [-0.25, -0.2) is 0 Å². The van der Waals surface area contributed by atoms with Crippen LogP contribution in [-0.2, 0) is 24.0 Å². The minimum atomic E-state index is -3.96. The molecule has 0 atom stereocenters. The van der Waals surface area contributed by atoms with E-state index >= 15 is 0 Å². The van der Waals surface area contributed by atoms with Gasteiger partial charge in [-0.1, -0.05) is 0 Å². The van der Waals surface area contributed by atoms with Crippen molar-refractivity contribution in [1.82, 2.24) is 0 Å². The molecule has 0 saturated heterocycles. The van der Waals surface area contributed by atoms with Crippen LogP contribution < -0.4 is 0 Å². The maximum atomic E-state index is 8.71. The van der Waals surface area contributed by atoms with Gasteiger partial charge in [0.25, 0.3) is 0 Å². The molecular formula is CHNO3Re-. The average molecular weight is 261 g/mol. The van der Waals surface area contributed by atoms with E-state index in [9.17, 15) is 0 Å². The molecule has 0 aliphatic heterocycles. The van der Waals surface area contributed by atoms with Gasteiger partial charge in [-0.3, -0.25) is 0 Å². The second-order valence-corrected chi connectivity index (χ2v) is 1.65. The van der Waals surface area contributed by atoms with E-state index in [1.165, 1.54) is 0 Å². The Kier molecular flexibility index (Phi) is 13.5. The third kappa shape index (κ3) is 330. The van der Waals surface area contributed by atoms with Crippen molar-refractivity contribution in [2.24, 2.45) is 0 Å². The van der Waals surface area contributed by atoms with E-state index in [0.717, 1.165) is 0 Å². The molecule has 0 unspecified atom stereocenters. The SMILES string of the molecule is [C-]#N.[O]=[Re](=[O])[OH]. The van der Waals surface area contributed by atoms with Crippen molar-refractivity contribution in [3.63, 3.8) is 0 Å². The Balaban J connectivity index is 0. The molecule has 0 spiro atoms. The molecular weight excluding hydrogens is 260 g/mol. The zero-order valence-corrected chi connectivity index (χ0v) is 5.30. The summed E-state index contributed by atoms with van der Waals surface area (Å²) in [7, 11) is 0. The summed E-state index contributed by atoms with van der Waals surface area (Å²) in [6.07, 6.45) is 0. The van der Waals surface area contributed by atoms with Crippen LogP contribution in [0.2, 0.25) is 0 Å². The molecule has 0 radical (unpaired) electrons. The monoisotopic (exact) mass is 262 g/mol. The van der Waals surface area contributed by atoms with E-state index in [0.29, 0.717) is 0 Å². The van der Waals surface area contributed by atoms with Crippen LogP contribution in [0.15, 0.2) is 0 Å². The predicted octanol–water partition coefficient (Wildman–Crippen LogP) is -0.701. The molecule has 0 fully saturated rings. The van der Waals surface area contributed by atoms with E-state index in [-0.39, 0.29) is 0 Å². The van der Waals surface area contributed by atoms with E-state index in [2.05, 4.69) is 0 Å². The summed E-state index contributed by atoms with van der Waals surface area (Å²) in [6.45, 7) is 4.75. The molecule has 6 heavy (non-hydrogen) atoms. The fourth-order valence-electron chi connectivity index (χ4n) is 0. The molecule has 0 heterocycles. The number of nitrogens with zero attached hydrogens (tertiary/aromatic N) is 1. The molecule has 0 aliphatic carbocycles. The fraction of sp³-hybridized carbons (Fsp3) is 0. The number of rotatable bonds is 0. The zero-order chi connectivity index (χ0) is 5.58. The Labute approximate surface area is 40.3 Å². The molecule has 5 heteroatoms. The van der Waals surface area contributed by atoms with Crippen LogP contribution in [0.25, 0.3) is 0 Å². The molecule has 0 saturated carbocycles. The van der Waals surface area contributed by atoms with Gasteiger partial charge < -0.3 is 11.8 Å². The van der Waals surface area contributed by atoms with Crippen molar-refractivity contribution in [2.45, 2.75) is 0 Å². The van der Waals surface area contributed by atoms with Crippen LogP contribution in [0.4, 0.5) is 0 Å². The van der Waals surface area contributed by atoms with Gasteiger partial charge in [0, 0.05) is 0 Å². The van der Waals surface area contributed by atoms with Crippen LogP contribution in [0.5, 0.6) is 0 Å². The summed E-state index contributed by atoms with van der Waals surface area (Å²) < 4.78 is 24.6. The normalized spacial score (nSPS) is 6.00. The van der Waals surface area contributed by atoms with Gasteiger partial charge >= 0.3 is 27.8 Å². The molecule has 0 rings (SSSR count). The van der Waals surface area contributed by atoms with Crippen molar-refractivity contribution >= 4 is 0 Å². The Morgan fingerprint density at radius 2 is 1.50 bits per heavy atom. The minimum absolute atomic E-state index is 3.96. The van der Waals surface area contributed by atoms with Crippen LogP contribution in [0.1, 0.15) is 0 Å². The molecule has 4 nitrogen and oxygen atoms in total. The second kappa shape index (κ2) is 8.83. The Morgan fingerprint density at radius 3 is 1.50 bits per heavy atom. The van der Waals surface area contributed by atoms with Crippen molar-refractivity contribution in [3.8, 4) is 0 Å². The van der Waals surface area contributed by atoms with Gasteiger partial charge in [0.15, 0.2) is 0 Å². The summed E-state index contributed by atoms with van der Waals surface area (Å²) in [4.78, 5) is 0. The molecule has 36 valence electrons. The molecule has 0 aromatic carbocycles.